The molecule has 1 N–H and O–H groups in total. The van der Waals surface area contributed by atoms with Gasteiger partial charge in [-0.3, -0.25) is 0 Å². The van der Waals surface area contributed by atoms with Gasteiger partial charge in [-0.15, -0.1) is 0 Å². The maximum Gasteiger partial charge on any atom is 0.338 e. The summed E-state index contributed by atoms with van der Waals surface area (Å²) in [5.41, 5.74) is 1.40. The molecule has 0 fully saturated rings. The molecule has 3 nitrogen and oxygen atoms in total. The van der Waals surface area contributed by atoms with Crippen LogP contribution < -0.4 is 0 Å². The highest BCUT2D eigenvalue weighted by molar-refractivity contribution is 5.89. The summed E-state index contributed by atoms with van der Waals surface area (Å²) in [6, 6.07) is 25.9. The van der Waals surface area contributed by atoms with E-state index in [1.165, 1.54) is 0 Å². The van der Waals surface area contributed by atoms with Gasteiger partial charge in [-0.1, -0.05) is 72.8 Å². The molecule has 0 saturated carbocycles. The van der Waals surface area contributed by atoms with Gasteiger partial charge in [-0.05, 0) is 35.7 Å². The smallest absolute Gasteiger partial charge is 0.338 e. The van der Waals surface area contributed by atoms with Crippen molar-refractivity contribution in [1.29, 1.82) is 0 Å². The van der Waals surface area contributed by atoms with Gasteiger partial charge in [-0.25, -0.2) is 4.79 Å². The zero-order valence-corrected chi connectivity index (χ0v) is 14.1. The number of carbonyl (C=O) groups is 1. The van der Waals surface area contributed by atoms with Crippen LogP contribution in [0.4, 0.5) is 0 Å². The molecule has 126 valence electrons. The fourth-order valence-corrected chi connectivity index (χ4v) is 2.92. The average Bonchev–Trinajstić information content (AvgIpc) is 2.69. The monoisotopic (exact) mass is 332 g/mol. The van der Waals surface area contributed by atoms with E-state index in [9.17, 15) is 9.90 Å². The molecule has 0 aromatic heterocycles. The Bertz CT molecular complexity index is 785. The Morgan fingerprint density at radius 2 is 1.24 bits per heavy atom. The highest BCUT2D eigenvalue weighted by atomic mass is 16.5. The van der Waals surface area contributed by atoms with Crippen molar-refractivity contribution in [2.75, 3.05) is 6.61 Å². The van der Waals surface area contributed by atoms with Gasteiger partial charge in [0.1, 0.15) is 5.60 Å². The average molecular weight is 332 g/mol. The van der Waals surface area contributed by atoms with Crippen LogP contribution in [0.15, 0.2) is 84.9 Å². The van der Waals surface area contributed by atoms with Gasteiger partial charge >= 0.3 is 5.97 Å². The lowest BCUT2D eigenvalue weighted by molar-refractivity contribution is 0.0526. The largest absolute Gasteiger partial charge is 0.462 e. The Morgan fingerprint density at radius 1 is 0.800 bits per heavy atom. The Labute approximate surface area is 147 Å². The van der Waals surface area contributed by atoms with E-state index in [1.54, 1.807) is 31.2 Å². The topological polar surface area (TPSA) is 46.5 Å². The highest BCUT2D eigenvalue weighted by Crippen LogP contribution is 2.36. The molecular weight excluding hydrogens is 312 g/mol. The van der Waals surface area contributed by atoms with Crippen molar-refractivity contribution in [1.82, 2.24) is 0 Å². The summed E-state index contributed by atoms with van der Waals surface area (Å²) < 4.78 is 5.02. The van der Waals surface area contributed by atoms with Crippen LogP contribution in [0.5, 0.6) is 0 Å². The van der Waals surface area contributed by atoms with Crippen molar-refractivity contribution in [3.05, 3.63) is 107 Å². The number of esters is 1. The molecule has 0 aliphatic carbocycles. The van der Waals surface area contributed by atoms with Gasteiger partial charge in [0.05, 0.1) is 12.2 Å². The van der Waals surface area contributed by atoms with Crippen molar-refractivity contribution in [3.8, 4) is 0 Å². The first-order valence-corrected chi connectivity index (χ1v) is 8.27. The minimum Gasteiger partial charge on any atom is -0.462 e. The van der Waals surface area contributed by atoms with Gasteiger partial charge in [0.25, 0.3) is 0 Å². The molecule has 0 saturated heterocycles. The molecule has 3 rings (SSSR count). The minimum absolute atomic E-state index is 0.332. The van der Waals surface area contributed by atoms with Crippen LogP contribution >= 0.6 is 0 Å². The lowest BCUT2D eigenvalue weighted by Gasteiger charge is -2.30. The van der Waals surface area contributed by atoms with E-state index < -0.39 is 5.60 Å². The van der Waals surface area contributed by atoms with Crippen molar-refractivity contribution in [3.63, 3.8) is 0 Å². The Kier molecular flexibility index (Phi) is 4.96. The third-order valence-electron chi connectivity index (χ3n) is 4.20. The third kappa shape index (κ3) is 3.32. The van der Waals surface area contributed by atoms with Gasteiger partial charge in [-0.2, -0.15) is 0 Å². The summed E-state index contributed by atoms with van der Waals surface area (Å²) in [5.74, 6) is -0.364. The molecule has 0 bridgehead atoms. The molecule has 0 aliphatic heterocycles. The van der Waals surface area contributed by atoms with E-state index in [0.717, 1.165) is 11.1 Å². The van der Waals surface area contributed by atoms with E-state index in [-0.39, 0.29) is 5.97 Å². The van der Waals surface area contributed by atoms with Crippen molar-refractivity contribution in [2.24, 2.45) is 0 Å². The molecule has 0 aliphatic rings. The molecule has 0 spiro atoms. The van der Waals surface area contributed by atoms with Gasteiger partial charge in [0.2, 0.25) is 0 Å². The summed E-state index contributed by atoms with van der Waals surface area (Å²) in [5, 5.41) is 11.6. The SMILES string of the molecule is CCOC(=O)c1ccc(C(O)(c2ccccc2)c2ccccc2)cc1. The molecule has 3 aromatic carbocycles. The Morgan fingerprint density at radius 3 is 1.68 bits per heavy atom. The normalized spacial score (nSPS) is 11.1. The van der Waals surface area contributed by atoms with Crippen molar-refractivity contribution in [2.45, 2.75) is 12.5 Å². The van der Waals surface area contributed by atoms with E-state index >= 15 is 0 Å². The molecule has 0 heterocycles. The van der Waals surface area contributed by atoms with Crippen LogP contribution in [0.2, 0.25) is 0 Å². The number of benzene rings is 3. The van der Waals surface area contributed by atoms with Gasteiger partial charge in [0, 0.05) is 0 Å². The molecule has 0 radical (unpaired) electrons. The second-order valence-corrected chi connectivity index (χ2v) is 5.74. The van der Waals surface area contributed by atoms with Crippen LogP contribution in [-0.2, 0) is 10.3 Å². The quantitative estimate of drug-likeness (QED) is 0.564. The van der Waals surface area contributed by atoms with Crippen LogP contribution in [-0.4, -0.2) is 17.7 Å². The minimum atomic E-state index is -1.30. The second-order valence-electron chi connectivity index (χ2n) is 5.74. The zero-order chi connectivity index (χ0) is 17.7. The fourth-order valence-electron chi connectivity index (χ4n) is 2.92. The summed E-state index contributed by atoms with van der Waals surface area (Å²) in [6.45, 7) is 2.11. The first-order valence-electron chi connectivity index (χ1n) is 8.27. The summed E-state index contributed by atoms with van der Waals surface area (Å²) in [7, 11) is 0. The maximum absolute atomic E-state index is 11.9. The number of aliphatic hydroxyl groups is 1. The molecule has 0 amide bonds. The Balaban J connectivity index is 2.09. The van der Waals surface area contributed by atoms with E-state index in [4.69, 9.17) is 4.74 Å². The second kappa shape index (κ2) is 7.32. The highest BCUT2D eigenvalue weighted by Gasteiger charge is 2.33. The zero-order valence-electron chi connectivity index (χ0n) is 14.1. The third-order valence-corrected chi connectivity index (χ3v) is 4.20. The summed E-state index contributed by atoms with van der Waals surface area (Å²) >= 11 is 0. The van der Waals surface area contributed by atoms with Crippen molar-refractivity contribution < 1.29 is 14.6 Å². The Hall–Kier alpha value is -2.91. The van der Waals surface area contributed by atoms with Crippen molar-refractivity contribution >= 4 is 5.97 Å². The van der Waals surface area contributed by atoms with Crippen LogP contribution in [0.3, 0.4) is 0 Å². The molecule has 25 heavy (non-hydrogen) atoms. The fraction of sp³-hybridized carbons (Fsp3) is 0.136. The van der Waals surface area contributed by atoms with Crippen LogP contribution in [0.25, 0.3) is 0 Å². The van der Waals surface area contributed by atoms with Crippen LogP contribution in [0.1, 0.15) is 34.0 Å². The number of carbonyl (C=O) groups excluding carboxylic acids is 1. The van der Waals surface area contributed by atoms with E-state index in [1.807, 2.05) is 60.7 Å². The van der Waals surface area contributed by atoms with Gasteiger partial charge in [0.15, 0.2) is 0 Å². The molecule has 3 aromatic rings. The standard InChI is InChI=1S/C22H20O3/c1-2-25-21(23)17-13-15-20(16-14-17)22(24,18-9-5-3-6-10-18)19-11-7-4-8-12-19/h3-16,24H,2H2,1H3. The van der Waals surface area contributed by atoms with Crippen LogP contribution in [0, 0.1) is 0 Å². The lowest BCUT2D eigenvalue weighted by Crippen LogP contribution is -2.28. The summed E-state index contributed by atoms with van der Waals surface area (Å²) in [4.78, 5) is 11.9. The molecular formula is C22H20O3. The molecule has 3 heteroatoms. The summed E-state index contributed by atoms with van der Waals surface area (Å²) in [6.07, 6.45) is 0. The van der Waals surface area contributed by atoms with E-state index in [0.29, 0.717) is 17.7 Å². The number of rotatable bonds is 5. The number of hydrogen-bond donors (Lipinski definition) is 1. The predicted octanol–water partition coefficient (Wildman–Crippen LogP) is 4.15. The predicted molar refractivity (Wildman–Crippen MR) is 97.4 cm³/mol. The number of ether oxygens (including phenoxy) is 1. The first-order chi connectivity index (χ1) is 12.2. The van der Waals surface area contributed by atoms with Gasteiger partial charge < -0.3 is 9.84 Å². The van der Waals surface area contributed by atoms with E-state index in [2.05, 4.69) is 0 Å². The molecule has 0 atom stereocenters. The number of hydrogen-bond acceptors (Lipinski definition) is 3. The first kappa shape index (κ1) is 16.9. The molecule has 0 unspecified atom stereocenters. The maximum atomic E-state index is 11.9. The lowest BCUT2D eigenvalue weighted by atomic mass is 9.80.